The van der Waals surface area contributed by atoms with Crippen LogP contribution in [-0.2, 0) is 6.54 Å². The summed E-state index contributed by atoms with van der Waals surface area (Å²) in [7, 11) is 0. The molecule has 0 saturated carbocycles. The Morgan fingerprint density at radius 2 is 1.93 bits per heavy atom. The van der Waals surface area contributed by atoms with Gasteiger partial charge in [0.05, 0.1) is 0 Å². The van der Waals surface area contributed by atoms with Gasteiger partial charge in [-0.2, -0.15) is 4.57 Å². The molecule has 0 radical (unpaired) electrons. The van der Waals surface area contributed by atoms with Crippen molar-refractivity contribution < 1.29 is 21.5 Å². The Labute approximate surface area is 101 Å². The van der Waals surface area contributed by atoms with Crippen LogP contribution in [-0.4, -0.2) is 0 Å². The molecule has 1 aromatic heterocycles. The number of rotatable bonds is 2. The van der Waals surface area contributed by atoms with Crippen molar-refractivity contribution in [1.29, 1.82) is 0 Å². The lowest BCUT2D eigenvalue weighted by molar-refractivity contribution is -0.667. The molecule has 0 saturated heterocycles. The summed E-state index contributed by atoms with van der Waals surface area (Å²) in [6.07, 6.45) is 1.93. The van der Waals surface area contributed by atoms with E-state index in [2.05, 4.69) is 54.5 Å². The van der Waals surface area contributed by atoms with Gasteiger partial charge in [-0.1, -0.05) is 18.7 Å². The molecule has 0 amide bonds. The summed E-state index contributed by atoms with van der Waals surface area (Å²) in [4.78, 5) is 0. The van der Waals surface area contributed by atoms with E-state index in [4.69, 9.17) is 0 Å². The second-order valence-electron chi connectivity index (χ2n) is 3.43. The molecule has 1 nitrogen and oxygen atoms in total. The van der Waals surface area contributed by atoms with Crippen LogP contribution in [0.1, 0.15) is 5.69 Å². The Hall–Kier alpha value is -1.15. The third-order valence-electron chi connectivity index (χ3n) is 2.47. The lowest BCUT2D eigenvalue weighted by Gasteiger charge is -2.01. The Bertz CT molecular complexity index is 477. The number of hydrogen-bond donors (Lipinski definition) is 0. The molecular weight excluding hydrogens is 250 g/mol. The van der Waals surface area contributed by atoms with Gasteiger partial charge in [-0.05, 0) is 18.2 Å². The van der Waals surface area contributed by atoms with Gasteiger partial charge in [-0.15, -0.1) is 0 Å². The highest BCUT2D eigenvalue weighted by molar-refractivity contribution is 5.75. The van der Waals surface area contributed by atoms with Crippen LogP contribution in [0.25, 0.3) is 10.9 Å². The maximum Gasteiger partial charge on any atom is 0.212 e. The Morgan fingerprint density at radius 1 is 1.20 bits per heavy atom. The second-order valence-corrected chi connectivity index (χ2v) is 3.43. The normalized spacial score (nSPS) is 9.67. The molecular formula is C13H14BrN. The van der Waals surface area contributed by atoms with Crippen molar-refractivity contribution in [2.75, 3.05) is 0 Å². The molecule has 2 rings (SSSR count). The van der Waals surface area contributed by atoms with Crippen molar-refractivity contribution in [2.45, 2.75) is 13.5 Å². The van der Waals surface area contributed by atoms with Crippen LogP contribution < -0.4 is 21.5 Å². The van der Waals surface area contributed by atoms with E-state index in [9.17, 15) is 0 Å². The number of aryl methyl sites for hydroxylation is 1. The molecule has 0 aliphatic heterocycles. The fraction of sp³-hybridized carbons (Fsp3) is 0.154. The highest BCUT2D eigenvalue weighted by Gasteiger charge is 2.09. The van der Waals surface area contributed by atoms with E-state index in [0.717, 1.165) is 6.54 Å². The van der Waals surface area contributed by atoms with Gasteiger partial charge in [0.15, 0.2) is 12.2 Å². The first-order chi connectivity index (χ1) is 6.83. The lowest BCUT2D eigenvalue weighted by atomic mass is 10.2. The maximum absolute atomic E-state index is 3.78. The van der Waals surface area contributed by atoms with Crippen LogP contribution in [0.5, 0.6) is 0 Å². The number of halogens is 1. The minimum absolute atomic E-state index is 0. The van der Waals surface area contributed by atoms with Crippen molar-refractivity contribution in [1.82, 2.24) is 0 Å². The van der Waals surface area contributed by atoms with Gasteiger partial charge in [0.25, 0.3) is 0 Å². The number of benzene rings is 1. The summed E-state index contributed by atoms with van der Waals surface area (Å²) in [5, 5.41) is 1.28. The smallest absolute Gasteiger partial charge is 0.212 e. The van der Waals surface area contributed by atoms with E-state index >= 15 is 0 Å². The highest BCUT2D eigenvalue weighted by atomic mass is 79.9. The van der Waals surface area contributed by atoms with Gasteiger partial charge in [0.2, 0.25) is 5.52 Å². The average molecular weight is 264 g/mol. The maximum atomic E-state index is 3.78. The number of fused-ring (bicyclic) bond motifs is 1. The van der Waals surface area contributed by atoms with Gasteiger partial charge >= 0.3 is 0 Å². The zero-order chi connectivity index (χ0) is 9.97. The van der Waals surface area contributed by atoms with Crippen molar-refractivity contribution in [2.24, 2.45) is 0 Å². The van der Waals surface area contributed by atoms with Crippen LogP contribution in [0.3, 0.4) is 0 Å². The molecule has 2 heteroatoms. The number of pyridine rings is 1. The summed E-state index contributed by atoms with van der Waals surface area (Å²) < 4.78 is 2.27. The fourth-order valence-electron chi connectivity index (χ4n) is 1.74. The third kappa shape index (κ3) is 2.26. The molecule has 0 unspecified atom stereocenters. The molecule has 0 spiro atoms. The predicted octanol–water partition coefficient (Wildman–Crippen LogP) is -0.374. The zero-order valence-electron chi connectivity index (χ0n) is 8.78. The standard InChI is InChI=1S/C13H14N.BrH/c1-3-10-14-11(2)8-9-12-6-4-5-7-13(12)14;/h3-9H,1,10H2,2H3;1H/q+1;/p-1. The molecule has 2 aromatic rings. The van der Waals surface area contributed by atoms with Crippen LogP contribution in [0, 0.1) is 6.92 Å². The molecule has 1 aromatic carbocycles. The van der Waals surface area contributed by atoms with Crippen LogP contribution >= 0.6 is 0 Å². The summed E-state index contributed by atoms with van der Waals surface area (Å²) >= 11 is 0. The van der Waals surface area contributed by atoms with E-state index in [1.165, 1.54) is 16.6 Å². The van der Waals surface area contributed by atoms with E-state index in [1.54, 1.807) is 0 Å². The second kappa shape index (κ2) is 5.08. The zero-order valence-corrected chi connectivity index (χ0v) is 10.4. The van der Waals surface area contributed by atoms with Crippen molar-refractivity contribution in [3.8, 4) is 0 Å². The van der Waals surface area contributed by atoms with Crippen molar-refractivity contribution in [3.63, 3.8) is 0 Å². The minimum Gasteiger partial charge on any atom is -1.00 e. The molecule has 0 bridgehead atoms. The minimum atomic E-state index is 0. The number of hydrogen-bond acceptors (Lipinski definition) is 0. The Morgan fingerprint density at radius 3 is 2.67 bits per heavy atom. The summed E-state index contributed by atoms with van der Waals surface area (Å²) in [6.45, 7) is 6.77. The molecule has 0 atom stereocenters. The van der Waals surface area contributed by atoms with Gasteiger partial charge in [-0.25, -0.2) is 0 Å². The molecule has 78 valence electrons. The first-order valence-corrected chi connectivity index (χ1v) is 4.82. The molecule has 15 heavy (non-hydrogen) atoms. The van der Waals surface area contributed by atoms with Crippen LogP contribution in [0.15, 0.2) is 49.1 Å². The SMILES string of the molecule is C=CC[n+]1c(C)ccc2ccccc21.[Br-]. The van der Waals surface area contributed by atoms with Gasteiger partial charge in [0, 0.05) is 24.4 Å². The van der Waals surface area contributed by atoms with E-state index in [-0.39, 0.29) is 17.0 Å². The highest BCUT2D eigenvalue weighted by Crippen LogP contribution is 2.09. The topological polar surface area (TPSA) is 3.88 Å². The largest absolute Gasteiger partial charge is 1.00 e. The molecule has 0 N–H and O–H groups in total. The van der Waals surface area contributed by atoms with E-state index < -0.39 is 0 Å². The van der Waals surface area contributed by atoms with Gasteiger partial charge in [-0.3, -0.25) is 0 Å². The summed E-state index contributed by atoms with van der Waals surface area (Å²) in [5.41, 5.74) is 2.54. The fourth-order valence-corrected chi connectivity index (χ4v) is 1.74. The summed E-state index contributed by atoms with van der Waals surface area (Å²) in [5.74, 6) is 0. The van der Waals surface area contributed by atoms with Crippen LogP contribution in [0.2, 0.25) is 0 Å². The number of nitrogens with zero attached hydrogens (tertiary/aromatic N) is 1. The Kier molecular flexibility index (Phi) is 4.04. The number of para-hydroxylation sites is 1. The van der Waals surface area contributed by atoms with Gasteiger partial charge < -0.3 is 17.0 Å². The quantitative estimate of drug-likeness (QED) is 0.514. The third-order valence-corrected chi connectivity index (χ3v) is 2.47. The lowest BCUT2D eigenvalue weighted by Crippen LogP contribution is -3.00. The Balaban J connectivity index is 0.00000112. The summed E-state index contributed by atoms with van der Waals surface area (Å²) in [6, 6.07) is 12.7. The monoisotopic (exact) mass is 263 g/mol. The first-order valence-electron chi connectivity index (χ1n) is 4.82. The molecule has 0 aliphatic carbocycles. The molecule has 1 heterocycles. The number of allylic oxidation sites excluding steroid dienone is 1. The molecule has 0 fully saturated rings. The first kappa shape index (κ1) is 11.9. The van der Waals surface area contributed by atoms with Crippen LogP contribution in [0.4, 0.5) is 0 Å². The van der Waals surface area contributed by atoms with Crippen molar-refractivity contribution >= 4 is 10.9 Å². The number of aromatic nitrogens is 1. The molecule has 0 aliphatic rings. The van der Waals surface area contributed by atoms with Gasteiger partial charge in [0.1, 0.15) is 0 Å². The predicted molar refractivity (Wildman–Crippen MR) is 59.1 cm³/mol. The van der Waals surface area contributed by atoms with Crippen molar-refractivity contribution in [3.05, 3.63) is 54.7 Å². The van der Waals surface area contributed by atoms with E-state index in [0.29, 0.717) is 0 Å². The van der Waals surface area contributed by atoms with E-state index in [1.807, 2.05) is 6.08 Å². The average Bonchev–Trinajstić information content (AvgIpc) is 2.23.